The molecule has 1 rings (SSSR count). The number of hydrogen-bond acceptors (Lipinski definition) is 2. The Labute approximate surface area is 79.6 Å². The second-order valence-corrected chi connectivity index (χ2v) is 3.46. The molecule has 0 amide bonds. The van der Waals surface area contributed by atoms with Crippen molar-refractivity contribution in [2.75, 3.05) is 0 Å². The smallest absolute Gasteiger partial charge is 0.267 e. The Bertz CT molecular complexity index is 332. The lowest BCUT2D eigenvalue weighted by Crippen LogP contribution is -2.23. The number of nitrogens with zero attached hydrogens (tertiary/aromatic N) is 2. The van der Waals surface area contributed by atoms with Gasteiger partial charge in [-0.1, -0.05) is 6.92 Å². The summed E-state index contributed by atoms with van der Waals surface area (Å²) in [6.45, 7) is 4.60. The van der Waals surface area contributed by atoms with Crippen molar-refractivity contribution in [3.05, 3.63) is 26.8 Å². The third-order valence-electron chi connectivity index (χ3n) is 1.65. The standard InChI is InChI=1S/C8H11BrN2O/c1-3-4-11-6(2)10-5-7(9)8(11)12/h5H,3-4H2,1-2H3. The first-order valence-corrected chi connectivity index (χ1v) is 4.68. The zero-order valence-corrected chi connectivity index (χ0v) is 8.76. The minimum absolute atomic E-state index is 0.00403. The average Bonchev–Trinajstić information content (AvgIpc) is 2.06. The minimum Gasteiger partial charge on any atom is -0.296 e. The maximum absolute atomic E-state index is 11.5. The Kier molecular flexibility index (Phi) is 3.03. The van der Waals surface area contributed by atoms with E-state index in [4.69, 9.17) is 0 Å². The SMILES string of the molecule is CCCn1c(C)ncc(Br)c1=O. The van der Waals surface area contributed by atoms with Gasteiger partial charge in [0, 0.05) is 12.7 Å². The maximum atomic E-state index is 11.5. The van der Waals surface area contributed by atoms with E-state index in [1.54, 1.807) is 10.8 Å². The van der Waals surface area contributed by atoms with Gasteiger partial charge in [-0.25, -0.2) is 4.98 Å². The number of rotatable bonds is 2. The first kappa shape index (κ1) is 9.45. The van der Waals surface area contributed by atoms with Crippen LogP contribution in [0.25, 0.3) is 0 Å². The molecule has 1 aromatic rings. The van der Waals surface area contributed by atoms with Crippen LogP contribution in [0.5, 0.6) is 0 Å². The normalized spacial score (nSPS) is 10.2. The highest BCUT2D eigenvalue weighted by atomic mass is 79.9. The minimum atomic E-state index is 0.00403. The molecule has 0 atom stereocenters. The largest absolute Gasteiger partial charge is 0.296 e. The summed E-state index contributed by atoms with van der Waals surface area (Å²) in [4.78, 5) is 15.5. The van der Waals surface area contributed by atoms with Crippen LogP contribution in [-0.2, 0) is 6.54 Å². The van der Waals surface area contributed by atoms with Gasteiger partial charge >= 0.3 is 0 Å². The van der Waals surface area contributed by atoms with Crippen LogP contribution in [0.2, 0.25) is 0 Å². The topological polar surface area (TPSA) is 34.9 Å². The van der Waals surface area contributed by atoms with Crippen molar-refractivity contribution in [3.8, 4) is 0 Å². The molecular formula is C8H11BrN2O. The molecular weight excluding hydrogens is 220 g/mol. The molecule has 0 unspecified atom stereocenters. The molecule has 0 saturated heterocycles. The number of aryl methyl sites for hydroxylation is 1. The van der Waals surface area contributed by atoms with Crippen LogP contribution in [0.3, 0.4) is 0 Å². The van der Waals surface area contributed by atoms with Crippen molar-refractivity contribution < 1.29 is 0 Å². The van der Waals surface area contributed by atoms with Gasteiger partial charge in [-0.05, 0) is 29.3 Å². The molecule has 0 N–H and O–H groups in total. The molecule has 0 radical (unpaired) electrons. The molecule has 1 heterocycles. The highest BCUT2D eigenvalue weighted by Crippen LogP contribution is 2.01. The van der Waals surface area contributed by atoms with E-state index in [2.05, 4.69) is 20.9 Å². The third-order valence-corrected chi connectivity index (χ3v) is 2.20. The van der Waals surface area contributed by atoms with Gasteiger partial charge < -0.3 is 0 Å². The summed E-state index contributed by atoms with van der Waals surface area (Å²) < 4.78 is 2.20. The average molecular weight is 231 g/mol. The zero-order chi connectivity index (χ0) is 9.14. The van der Waals surface area contributed by atoms with E-state index in [0.717, 1.165) is 18.8 Å². The molecule has 0 aliphatic carbocycles. The summed E-state index contributed by atoms with van der Waals surface area (Å²) in [5, 5.41) is 0. The van der Waals surface area contributed by atoms with Crippen molar-refractivity contribution in [2.45, 2.75) is 26.8 Å². The van der Waals surface area contributed by atoms with Gasteiger partial charge in [0.2, 0.25) is 0 Å². The quantitative estimate of drug-likeness (QED) is 0.776. The molecule has 0 aliphatic heterocycles. The monoisotopic (exact) mass is 230 g/mol. The molecule has 0 saturated carbocycles. The van der Waals surface area contributed by atoms with E-state index in [-0.39, 0.29) is 5.56 Å². The van der Waals surface area contributed by atoms with E-state index in [1.165, 1.54) is 0 Å². The summed E-state index contributed by atoms with van der Waals surface area (Å²) in [7, 11) is 0. The van der Waals surface area contributed by atoms with E-state index < -0.39 is 0 Å². The molecule has 0 bridgehead atoms. The Hall–Kier alpha value is -0.640. The Morgan fingerprint density at radius 3 is 2.92 bits per heavy atom. The highest BCUT2D eigenvalue weighted by Gasteiger charge is 2.02. The van der Waals surface area contributed by atoms with Crippen molar-refractivity contribution in [1.29, 1.82) is 0 Å². The van der Waals surface area contributed by atoms with Gasteiger partial charge in [-0.2, -0.15) is 0 Å². The fourth-order valence-electron chi connectivity index (χ4n) is 1.04. The molecule has 3 nitrogen and oxygen atoms in total. The van der Waals surface area contributed by atoms with Crippen molar-refractivity contribution in [2.24, 2.45) is 0 Å². The van der Waals surface area contributed by atoms with Crippen LogP contribution in [-0.4, -0.2) is 9.55 Å². The van der Waals surface area contributed by atoms with E-state index in [0.29, 0.717) is 4.47 Å². The van der Waals surface area contributed by atoms with Crippen molar-refractivity contribution in [1.82, 2.24) is 9.55 Å². The van der Waals surface area contributed by atoms with Gasteiger partial charge in [-0.3, -0.25) is 9.36 Å². The van der Waals surface area contributed by atoms with Crippen LogP contribution < -0.4 is 5.56 Å². The fourth-order valence-corrected chi connectivity index (χ4v) is 1.35. The van der Waals surface area contributed by atoms with Gasteiger partial charge in [0.05, 0.1) is 0 Å². The molecule has 66 valence electrons. The molecule has 1 aromatic heterocycles. The molecule has 0 aromatic carbocycles. The summed E-state index contributed by atoms with van der Waals surface area (Å²) in [6.07, 6.45) is 2.49. The van der Waals surface area contributed by atoms with Crippen LogP contribution in [0.15, 0.2) is 15.5 Å². The highest BCUT2D eigenvalue weighted by molar-refractivity contribution is 9.10. The molecule has 0 fully saturated rings. The Morgan fingerprint density at radius 2 is 2.33 bits per heavy atom. The third kappa shape index (κ3) is 1.75. The van der Waals surface area contributed by atoms with Gasteiger partial charge in [-0.15, -0.1) is 0 Å². The first-order valence-electron chi connectivity index (χ1n) is 3.88. The number of hydrogen-bond donors (Lipinski definition) is 0. The summed E-state index contributed by atoms with van der Waals surface area (Å²) in [5.41, 5.74) is 0.00403. The molecule has 4 heteroatoms. The van der Waals surface area contributed by atoms with Crippen LogP contribution >= 0.6 is 15.9 Å². The van der Waals surface area contributed by atoms with Gasteiger partial charge in [0.1, 0.15) is 10.3 Å². The van der Waals surface area contributed by atoms with E-state index >= 15 is 0 Å². The second-order valence-electron chi connectivity index (χ2n) is 2.61. The molecule has 12 heavy (non-hydrogen) atoms. The maximum Gasteiger partial charge on any atom is 0.267 e. The van der Waals surface area contributed by atoms with Gasteiger partial charge in [0.25, 0.3) is 5.56 Å². The molecule has 0 aliphatic rings. The fraction of sp³-hybridized carbons (Fsp3) is 0.500. The van der Waals surface area contributed by atoms with E-state index in [9.17, 15) is 4.79 Å². The Balaban J connectivity index is 3.24. The molecule has 0 spiro atoms. The number of aromatic nitrogens is 2. The summed E-state index contributed by atoms with van der Waals surface area (Å²) in [6, 6.07) is 0. The predicted octanol–water partition coefficient (Wildman–Crippen LogP) is 1.72. The number of halogens is 1. The lowest BCUT2D eigenvalue weighted by molar-refractivity contribution is 0.614. The van der Waals surface area contributed by atoms with Crippen LogP contribution in [0, 0.1) is 6.92 Å². The summed E-state index contributed by atoms with van der Waals surface area (Å²) in [5.74, 6) is 0.769. The van der Waals surface area contributed by atoms with Crippen molar-refractivity contribution in [3.63, 3.8) is 0 Å². The second kappa shape index (κ2) is 3.85. The zero-order valence-electron chi connectivity index (χ0n) is 7.17. The van der Waals surface area contributed by atoms with Gasteiger partial charge in [0.15, 0.2) is 0 Å². The predicted molar refractivity (Wildman–Crippen MR) is 51.2 cm³/mol. The van der Waals surface area contributed by atoms with E-state index in [1.807, 2.05) is 13.8 Å². The Morgan fingerprint density at radius 1 is 1.67 bits per heavy atom. The first-order chi connectivity index (χ1) is 5.66. The van der Waals surface area contributed by atoms with Crippen LogP contribution in [0.4, 0.5) is 0 Å². The van der Waals surface area contributed by atoms with Crippen LogP contribution in [0.1, 0.15) is 19.2 Å². The van der Waals surface area contributed by atoms with Crippen molar-refractivity contribution >= 4 is 15.9 Å². The lowest BCUT2D eigenvalue weighted by Gasteiger charge is -2.06. The lowest BCUT2D eigenvalue weighted by atomic mass is 10.4. The summed E-state index contributed by atoms with van der Waals surface area (Å²) >= 11 is 3.15.